The molecular weight excluding hydrogens is 518 g/mol. The number of thioether (sulfide) groups is 1. The van der Waals surface area contributed by atoms with Gasteiger partial charge in [-0.3, -0.25) is 19.2 Å². The summed E-state index contributed by atoms with van der Waals surface area (Å²) in [4.78, 5) is 75.0. The highest BCUT2D eigenvalue weighted by Gasteiger charge is 2.38. The number of nitrogens with one attached hydrogen (secondary N) is 4. The van der Waals surface area contributed by atoms with Crippen molar-refractivity contribution in [3.05, 3.63) is 0 Å². The smallest absolute Gasteiger partial charge is 0.408 e. The average molecular weight is 560 g/mol. The van der Waals surface area contributed by atoms with E-state index in [1.54, 1.807) is 27.7 Å². The van der Waals surface area contributed by atoms with Crippen molar-refractivity contribution in [3.8, 4) is 0 Å². The zero-order chi connectivity index (χ0) is 29.0. The molecule has 0 bridgehead atoms. The van der Waals surface area contributed by atoms with Gasteiger partial charge in [0.05, 0.1) is 5.88 Å². The lowest BCUT2D eigenvalue weighted by molar-refractivity contribution is -0.149. The summed E-state index contributed by atoms with van der Waals surface area (Å²) in [7, 11) is 0. The summed E-state index contributed by atoms with van der Waals surface area (Å²) >= 11 is 1.19. The van der Waals surface area contributed by atoms with Crippen molar-refractivity contribution in [2.45, 2.75) is 84.5 Å². The highest BCUT2D eigenvalue weighted by atomic mass is 32.2. The summed E-state index contributed by atoms with van der Waals surface area (Å²) in [5.41, 5.74) is -0.742. The van der Waals surface area contributed by atoms with Gasteiger partial charge in [-0.05, 0) is 39.5 Å². The normalized spacial score (nSPS) is 17.5. The van der Waals surface area contributed by atoms with Crippen LogP contribution >= 0.6 is 11.8 Å². The fourth-order valence-electron chi connectivity index (χ4n) is 3.65. The second kappa shape index (κ2) is 15.4. The largest absolute Gasteiger partial charge is 0.480 e. The fraction of sp³-hybridized carbons (Fsp3) is 0.750. The first-order chi connectivity index (χ1) is 17.7. The molecule has 0 radical (unpaired) electrons. The summed E-state index contributed by atoms with van der Waals surface area (Å²) in [5, 5.41) is 19.7. The standard InChI is InChI=1S/C24H41N5O8S/c1-7-14(2)19(28-18(31)11-25-23(36)37-24(4,5)6)20(32)27-16(12-38-13-26-15(3)30)21(33)29-10-8-9-17(29)22(34)35/h14,16-17,19H,7-13H2,1-6H3,(H,25,36)(H,26,30)(H,27,32)(H,28,31)(H,34,35)/t14-,16-,17-,19-/m0/s1. The number of aliphatic carboxylic acids is 1. The minimum absolute atomic E-state index is 0.0784. The quantitative estimate of drug-likeness (QED) is 0.158. The Morgan fingerprint density at radius 2 is 1.76 bits per heavy atom. The van der Waals surface area contributed by atoms with Gasteiger partial charge in [0.2, 0.25) is 23.6 Å². The molecule has 0 saturated carbocycles. The van der Waals surface area contributed by atoms with E-state index in [4.69, 9.17) is 4.74 Å². The van der Waals surface area contributed by atoms with Crippen LogP contribution in [0, 0.1) is 5.92 Å². The predicted molar refractivity (Wildman–Crippen MR) is 141 cm³/mol. The van der Waals surface area contributed by atoms with Crippen molar-refractivity contribution >= 4 is 47.5 Å². The van der Waals surface area contributed by atoms with E-state index >= 15 is 0 Å². The van der Waals surface area contributed by atoms with Crippen LogP contribution in [-0.2, 0) is 28.7 Å². The third-order valence-electron chi connectivity index (χ3n) is 5.75. The predicted octanol–water partition coefficient (Wildman–Crippen LogP) is 0.429. The van der Waals surface area contributed by atoms with E-state index in [1.807, 2.05) is 6.92 Å². The Morgan fingerprint density at radius 1 is 1.11 bits per heavy atom. The van der Waals surface area contributed by atoms with E-state index in [1.165, 1.54) is 23.6 Å². The summed E-state index contributed by atoms with van der Waals surface area (Å²) in [6.45, 7) is 9.83. The molecule has 1 heterocycles. The van der Waals surface area contributed by atoms with E-state index in [0.29, 0.717) is 19.3 Å². The van der Waals surface area contributed by atoms with Crippen molar-refractivity contribution in [1.82, 2.24) is 26.2 Å². The molecule has 13 nitrogen and oxygen atoms in total. The van der Waals surface area contributed by atoms with E-state index in [0.717, 1.165) is 0 Å². The van der Waals surface area contributed by atoms with Crippen LogP contribution in [-0.4, -0.2) is 94.1 Å². The number of carboxylic acid groups (broad SMARTS) is 1. The molecule has 1 saturated heterocycles. The third-order valence-corrected chi connectivity index (χ3v) is 6.66. The SMILES string of the molecule is CC[C@H](C)[C@H](NC(=O)CNC(=O)OC(C)(C)C)C(=O)N[C@@H](CSCNC(C)=O)C(=O)N1CCC[C@H]1C(=O)O. The van der Waals surface area contributed by atoms with Gasteiger partial charge in [-0.25, -0.2) is 9.59 Å². The molecule has 4 atom stereocenters. The Kier molecular flexibility index (Phi) is 13.4. The Morgan fingerprint density at radius 3 is 2.32 bits per heavy atom. The molecule has 0 spiro atoms. The number of nitrogens with zero attached hydrogens (tertiary/aromatic N) is 1. The summed E-state index contributed by atoms with van der Waals surface area (Å²) in [5.74, 6) is -3.20. The number of alkyl carbamates (subject to hydrolysis) is 1. The van der Waals surface area contributed by atoms with E-state index < -0.39 is 60.1 Å². The molecule has 0 aliphatic carbocycles. The van der Waals surface area contributed by atoms with E-state index in [2.05, 4.69) is 21.3 Å². The van der Waals surface area contributed by atoms with Gasteiger partial charge in [-0.1, -0.05) is 20.3 Å². The average Bonchev–Trinajstić information content (AvgIpc) is 3.31. The number of likely N-dealkylation sites (tertiary alicyclic amines) is 1. The number of carboxylic acids is 1. The van der Waals surface area contributed by atoms with Crippen LogP contribution in [0.2, 0.25) is 0 Å². The molecule has 0 unspecified atom stereocenters. The highest BCUT2D eigenvalue weighted by molar-refractivity contribution is 7.99. The van der Waals surface area contributed by atoms with Gasteiger partial charge in [0.15, 0.2) is 0 Å². The summed E-state index contributed by atoms with van der Waals surface area (Å²) in [6.07, 6.45) is 0.592. The number of hydrogen-bond donors (Lipinski definition) is 5. The third kappa shape index (κ3) is 11.6. The van der Waals surface area contributed by atoms with Crippen molar-refractivity contribution in [2.24, 2.45) is 5.92 Å². The van der Waals surface area contributed by atoms with Crippen LogP contribution in [0.3, 0.4) is 0 Å². The lowest BCUT2D eigenvalue weighted by Gasteiger charge is -2.30. The first kappa shape index (κ1) is 33.0. The van der Waals surface area contributed by atoms with Gasteiger partial charge >= 0.3 is 12.1 Å². The zero-order valence-corrected chi connectivity index (χ0v) is 23.7. The van der Waals surface area contributed by atoms with Gasteiger partial charge in [0, 0.05) is 19.2 Å². The minimum atomic E-state index is -1.12. The molecule has 0 aromatic carbocycles. The first-order valence-electron chi connectivity index (χ1n) is 12.6. The maximum Gasteiger partial charge on any atom is 0.408 e. The van der Waals surface area contributed by atoms with Gasteiger partial charge < -0.3 is 36.0 Å². The maximum atomic E-state index is 13.3. The number of hydrogen-bond acceptors (Lipinski definition) is 8. The van der Waals surface area contributed by atoms with Gasteiger partial charge in [0.25, 0.3) is 0 Å². The maximum absolute atomic E-state index is 13.3. The van der Waals surface area contributed by atoms with Crippen LogP contribution in [0.4, 0.5) is 4.79 Å². The van der Waals surface area contributed by atoms with Crippen LogP contribution in [0.15, 0.2) is 0 Å². The first-order valence-corrected chi connectivity index (χ1v) is 13.7. The van der Waals surface area contributed by atoms with E-state index in [-0.39, 0.29) is 30.0 Å². The molecule has 5 amide bonds. The van der Waals surface area contributed by atoms with E-state index in [9.17, 15) is 33.9 Å². The molecule has 1 aliphatic rings. The molecule has 1 fully saturated rings. The number of amides is 5. The second-order valence-electron chi connectivity index (χ2n) is 10.1. The number of ether oxygens (including phenoxy) is 1. The molecule has 14 heteroatoms. The van der Waals surface area contributed by atoms with Crippen LogP contribution in [0.5, 0.6) is 0 Å². The Balaban J connectivity index is 2.95. The van der Waals surface area contributed by atoms with Crippen molar-refractivity contribution < 1.29 is 38.6 Å². The Bertz CT molecular complexity index is 878. The van der Waals surface area contributed by atoms with Gasteiger partial charge in [0.1, 0.15) is 30.3 Å². The zero-order valence-electron chi connectivity index (χ0n) is 22.9. The highest BCUT2D eigenvalue weighted by Crippen LogP contribution is 2.20. The molecular formula is C24H41N5O8S. The topological polar surface area (TPSA) is 183 Å². The monoisotopic (exact) mass is 559 g/mol. The molecule has 1 rings (SSSR count). The number of carbonyl (C=O) groups is 6. The Labute approximate surface area is 227 Å². The lowest BCUT2D eigenvalue weighted by Crippen LogP contribution is -2.58. The van der Waals surface area contributed by atoms with Crippen LogP contribution < -0.4 is 21.3 Å². The summed E-state index contributed by atoms with van der Waals surface area (Å²) < 4.78 is 5.10. The fourth-order valence-corrected chi connectivity index (χ4v) is 4.53. The van der Waals surface area contributed by atoms with Gasteiger partial charge in [-0.2, -0.15) is 0 Å². The van der Waals surface area contributed by atoms with Crippen molar-refractivity contribution in [1.29, 1.82) is 0 Å². The number of rotatable bonds is 13. The van der Waals surface area contributed by atoms with Gasteiger partial charge in [-0.15, -0.1) is 11.8 Å². The molecule has 0 aromatic heterocycles. The summed E-state index contributed by atoms with van der Waals surface area (Å²) in [6, 6.07) is -3.08. The lowest BCUT2D eigenvalue weighted by atomic mass is 9.98. The molecule has 216 valence electrons. The van der Waals surface area contributed by atoms with Crippen molar-refractivity contribution in [3.63, 3.8) is 0 Å². The second-order valence-corrected chi connectivity index (χ2v) is 11.2. The Hall–Kier alpha value is -3.03. The molecule has 38 heavy (non-hydrogen) atoms. The molecule has 1 aliphatic heterocycles. The van der Waals surface area contributed by atoms with Crippen LogP contribution in [0.25, 0.3) is 0 Å². The molecule has 5 N–H and O–H groups in total. The molecule has 0 aromatic rings. The number of carbonyl (C=O) groups excluding carboxylic acids is 5. The van der Waals surface area contributed by atoms with Crippen molar-refractivity contribution in [2.75, 3.05) is 24.7 Å². The minimum Gasteiger partial charge on any atom is -0.480 e. The van der Waals surface area contributed by atoms with Crippen LogP contribution in [0.1, 0.15) is 60.8 Å².